The summed E-state index contributed by atoms with van der Waals surface area (Å²) in [5.41, 5.74) is 6.05. The van der Waals surface area contributed by atoms with Crippen LogP contribution in [0.3, 0.4) is 0 Å². The fraction of sp³-hybridized carbons (Fsp3) is 0.267. The van der Waals surface area contributed by atoms with Crippen molar-refractivity contribution in [1.29, 1.82) is 0 Å². The molecule has 36 heavy (non-hydrogen) atoms. The monoisotopic (exact) mass is 483 g/mol. The molecule has 1 heterocycles. The van der Waals surface area contributed by atoms with Crippen LogP contribution in [0.15, 0.2) is 60.8 Å². The van der Waals surface area contributed by atoms with Crippen LogP contribution >= 0.6 is 0 Å². The molecule has 5 rings (SSSR count). The van der Waals surface area contributed by atoms with Crippen molar-refractivity contribution in [2.75, 3.05) is 26.0 Å². The van der Waals surface area contributed by atoms with Crippen LogP contribution in [-0.4, -0.2) is 41.4 Å². The minimum atomic E-state index is -0.659. The van der Waals surface area contributed by atoms with Crippen molar-refractivity contribution < 1.29 is 14.3 Å². The van der Waals surface area contributed by atoms with E-state index in [0.717, 1.165) is 53.6 Å². The highest BCUT2D eigenvalue weighted by Gasteiger charge is 2.32. The Hall–Kier alpha value is -3.77. The molecule has 0 spiro atoms. The fourth-order valence-corrected chi connectivity index (χ4v) is 4.46. The average molecular weight is 484 g/mol. The first-order valence-electron chi connectivity index (χ1n) is 12.3. The number of hydrogen-bond donors (Lipinski definition) is 2. The third-order valence-corrected chi connectivity index (χ3v) is 6.71. The third kappa shape index (κ3) is 4.95. The van der Waals surface area contributed by atoms with Gasteiger partial charge in [0.1, 0.15) is 0 Å². The van der Waals surface area contributed by atoms with E-state index < -0.39 is 5.82 Å². The van der Waals surface area contributed by atoms with Crippen LogP contribution in [-0.2, 0) is 6.42 Å². The molecule has 6 heteroatoms. The largest absolute Gasteiger partial charge is 0.505 e. The maximum Gasteiger partial charge on any atom is 0.169 e. The zero-order valence-corrected chi connectivity index (χ0v) is 20.8. The van der Waals surface area contributed by atoms with Gasteiger partial charge in [-0.1, -0.05) is 18.2 Å². The predicted octanol–water partition coefficient (Wildman–Crippen LogP) is 6.50. The standard InChI is InChI=1S/C30H30FN3O2/c1-18-13-22(16-26(31)29(18)35)21-9-10-27-24(15-21)28(25(17-32-27)30(36)20-7-8-20)33-23-6-4-5-19(14-23)11-12-34(2)3/h4-6,9-10,13-17,20,35H,7-8,11-12H2,1-3H3,(H,32,33). The lowest BCUT2D eigenvalue weighted by Crippen LogP contribution is -2.15. The molecule has 0 saturated heterocycles. The lowest BCUT2D eigenvalue weighted by Gasteiger charge is -2.16. The number of carbonyl (C=O) groups is 1. The van der Waals surface area contributed by atoms with Gasteiger partial charge in [0.15, 0.2) is 17.3 Å². The molecule has 1 aromatic heterocycles. The first-order chi connectivity index (χ1) is 17.3. The zero-order chi connectivity index (χ0) is 25.4. The predicted molar refractivity (Wildman–Crippen MR) is 143 cm³/mol. The Morgan fingerprint density at radius 2 is 1.92 bits per heavy atom. The van der Waals surface area contributed by atoms with Gasteiger partial charge in [-0.25, -0.2) is 4.39 Å². The molecule has 1 aliphatic rings. The van der Waals surface area contributed by atoms with Crippen molar-refractivity contribution in [2.24, 2.45) is 5.92 Å². The number of rotatable bonds is 8. The molecule has 1 aliphatic carbocycles. The Morgan fingerprint density at radius 3 is 2.64 bits per heavy atom. The van der Waals surface area contributed by atoms with Crippen LogP contribution in [0.4, 0.5) is 15.8 Å². The number of nitrogens with one attached hydrogen (secondary N) is 1. The van der Waals surface area contributed by atoms with E-state index in [1.165, 1.54) is 11.6 Å². The van der Waals surface area contributed by atoms with Crippen molar-refractivity contribution in [3.05, 3.63) is 83.3 Å². The number of hydrogen-bond acceptors (Lipinski definition) is 5. The van der Waals surface area contributed by atoms with Crippen LogP contribution in [0, 0.1) is 18.7 Å². The average Bonchev–Trinajstić information content (AvgIpc) is 3.71. The van der Waals surface area contributed by atoms with Gasteiger partial charge in [0.05, 0.1) is 16.8 Å². The quantitative estimate of drug-likeness (QED) is 0.280. The van der Waals surface area contributed by atoms with E-state index in [4.69, 9.17) is 0 Å². The summed E-state index contributed by atoms with van der Waals surface area (Å²) in [6, 6.07) is 17.0. The highest BCUT2D eigenvalue weighted by atomic mass is 19.1. The van der Waals surface area contributed by atoms with Gasteiger partial charge in [0.2, 0.25) is 0 Å². The number of phenolic OH excluding ortho intramolecular Hbond substituents is 1. The van der Waals surface area contributed by atoms with Gasteiger partial charge in [-0.2, -0.15) is 0 Å². The normalized spacial score (nSPS) is 13.4. The molecule has 1 saturated carbocycles. The van der Waals surface area contributed by atoms with Crippen LogP contribution in [0.1, 0.15) is 34.3 Å². The Balaban J connectivity index is 1.61. The van der Waals surface area contributed by atoms with E-state index in [2.05, 4.69) is 41.4 Å². The molecule has 0 atom stereocenters. The Labute approximate surface area is 210 Å². The number of phenols is 1. The summed E-state index contributed by atoms with van der Waals surface area (Å²) in [5, 5.41) is 14.2. The maximum absolute atomic E-state index is 14.3. The molecule has 0 radical (unpaired) electrons. The first kappa shape index (κ1) is 23.9. The first-order valence-corrected chi connectivity index (χ1v) is 12.3. The minimum Gasteiger partial charge on any atom is -0.505 e. The Morgan fingerprint density at radius 1 is 1.11 bits per heavy atom. The van der Waals surface area contributed by atoms with Crippen molar-refractivity contribution in [1.82, 2.24) is 9.88 Å². The van der Waals surface area contributed by atoms with Gasteiger partial charge >= 0.3 is 0 Å². The number of ketones is 1. The number of aromatic nitrogens is 1. The number of halogens is 1. The van der Waals surface area contributed by atoms with E-state index in [-0.39, 0.29) is 17.5 Å². The second-order valence-corrected chi connectivity index (χ2v) is 9.92. The summed E-state index contributed by atoms with van der Waals surface area (Å²) in [7, 11) is 4.11. The summed E-state index contributed by atoms with van der Waals surface area (Å²) in [4.78, 5) is 20.0. The van der Waals surface area contributed by atoms with Gasteiger partial charge < -0.3 is 15.3 Å². The second kappa shape index (κ2) is 9.70. The number of benzene rings is 3. The van der Waals surface area contributed by atoms with Gasteiger partial charge in [0, 0.05) is 29.7 Å². The number of anilines is 2. The van der Waals surface area contributed by atoms with Crippen LogP contribution in [0.25, 0.3) is 22.0 Å². The smallest absolute Gasteiger partial charge is 0.169 e. The van der Waals surface area contributed by atoms with Crippen molar-refractivity contribution in [3.8, 4) is 16.9 Å². The third-order valence-electron chi connectivity index (χ3n) is 6.71. The number of fused-ring (bicyclic) bond motifs is 1. The summed E-state index contributed by atoms with van der Waals surface area (Å²) < 4.78 is 14.3. The molecule has 0 aliphatic heterocycles. The minimum absolute atomic E-state index is 0.0493. The lowest BCUT2D eigenvalue weighted by atomic mass is 9.97. The topological polar surface area (TPSA) is 65.5 Å². The Kier molecular flexibility index (Phi) is 6.46. The van der Waals surface area contributed by atoms with Gasteiger partial charge in [-0.15, -0.1) is 0 Å². The molecule has 0 unspecified atom stereocenters. The van der Waals surface area contributed by atoms with Gasteiger partial charge in [-0.3, -0.25) is 9.78 Å². The molecule has 0 amide bonds. The number of pyridine rings is 1. The molecule has 0 bridgehead atoms. The molecule has 5 nitrogen and oxygen atoms in total. The van der Waals surface area contributed by atoms with E-state index in [0.29, 0.717) is 16.7 Å². The molecule has 184 valence electrons. The van der Waals surface area contributed by atoms with Crippen molar-refractivity contribution >= 4 is 28.1 Å². The van der Waals surface area contributed by atoms with Crippen molar-refractivity contribution in [2.45, 2.75) is 26.2 Å². The number of Topliss-reactive ketones (excluding diaryl/α,β-unsaturated/α-hetero) is 1. The second-order valence-electron chi connectivity index (χ2n) is 9.92. The zero-order valence-electron chi connectivity index (χ0n) is 20.8. The summed E-state index contributed by atoms with van der Waals surface area (Å²) >= 11 is 0. The summed E-state index contributed by atoms with van der Waals surface area (Å²) in [5.74, 6) is -0.843. The molecular weight excluding hydrogens is 453 g/mol. The van der Waals surface area contributed by atoms with E-state index in [1.54, 1.807) is 19.2 Å². The van der Waals surface area contributed by atoms with Crippen LogP contribution in [0.5, 0.6) is 5.75 Å². The summed E-state index contributed by atoms with van der Waals surface area (Å²) in [6.45, 7) is 2.62. The molecule has 3 aromatic carbocycles. The van der Waals surface area contributed by atoms with E-state index in [9.17, 15) is 14.3 Å². The van der Waals surface area contributed by atoms with Crippen LogP contribution < -0.4 is 5.32 Å². The van der Waals surface area contributed by atoms with E-state index >= 15 is 0 Å². The van der Waals surface area contributed by atoms with E-state index in [1.807, 2.05) is 30.3 Å². The van der Waals surface area contributed by atoms with Gasteiger partial charge in [-0.05, 0) is 98.9 Å². The number of aromatic hydroxyl groups is 1. The molecule has 4 aromatic rings. The number of likely N-dealkylation sites (N-methyl/N-ethyl adjacent to an activating group) is 1. The summed E-state index contributed by atoms with van der Waals surface area (Å²) in [6.07, 6.45) is 4.40. The number of nitrogens with zero attached hydrogens (tertiary/aromatic N) is 2. The SMILES string of the molecule is Cc1cc(-c2ccc3ncc(C(=O)C4CC4)c(Nc4cccc(CCN(C)C)c4)c3c2)cc(F)c1O. The molecular formula is C30H30FN3O2. The van der Waals surface area contributed by atoms with Crippen molar-refractivity contribution in [3.63, 3.8) is 0 Å². The van der Waals surface area contributed by atoms with Gasteiger partial charge in [0.25, 0.3) is 0 Å². The highest BCUT2D eigenvalue weighted by Crippen LogP contribution is 2.39. The maximum atomic E-state index is 14.3. The molecule has 1 fully saturated rings. The van der Waals surface area contributed by atoms with Crippen LogP contribution in [0.2, 0.25) is 0 Å². The number of aryl methyl sites for hydroxylation is 1. The number of carbonyl (C=O) groups excluding carboxylic acids is 1. The molecule has 2 N–H and O–H groups in total. The lowest BCUT2D eigenvalue weighted by molar-refractivity contribution is 0.0968. The fourth-order valence-electron chi connectivity index (χ4n) is 4.46. The highest BCUT2D eigenvalue weighted by molar-refractivity contribution is 6.11. The Bertz CT molecular complexity index is 1440.